The molecule has 4 rings (SSSR count). The lowest BCUT2D eigenvalue weighted by molar-refractivity contribution is 0.0778. The minimum atomic E-state index is 0.363. The highest BCUT2D eigenvalue weighted by Gasteiger charge is 2.26. The smallest absolute Gasteiger partial charge is 0.229 e. The van der Waals surface area contributed by atoms with Gasteiger partial charge < -0.3 is 9.26 Å². The molecule has 132 valence electrons. The number of ether oxygens (including phenoxy) is 1. The third kappa shape index (κ3) is 4.17. The number of hydrogen-bond acceptors (Lipinski definition) is 5. The van der Waals surface area contributed by atoms with Gasteiger partial charge in [0.1, 0.15) is 0 Å². The van der Waals surface area contributed by atoms with Gasteiger partial charge in [-0.15, -0.1) is 0 Å². The van der Waals surface area contributed by atoms with Crippen molar-refractivity contribution >= 4 is 6.08 Å². The highest BCUT2D eigenvalue weighted by molar-refractivity contribution is 5.49. The first-order valence-electron chi connectivity index (χ1n) is 9.26. The fourth-order valence-electron chi connectivity index (χ4n) is 3.68. The maximum Gasteiger partial charge on any atom is 0.229 e. The van der Waals surface area contributed by atoms with Crippen molar-refractivity contribution in [2.45, 2.75) is 44.2 Å². The summed E-state index contributed by atoms with van der Waals surface area (Å²) in [5, 5.41) is 4.21. The van der Waals surface area contributed by atoms with E-state index in [9.17, 15) is 0 Å². The van der Waals surface area contributed by atoms with E-state index in [-0.39, 0.29) is 0 Å². The molecule has 5 heteroatoms. The van der Waals surface area contributed by atoms with Crippen molar-refractivity contribution < 1.29 is 9.26 Å². The summed E-state index contributed by atoms with van der Waals surface area (Å²) >= 11 is 0. The van der Waals surface area contributed by atoms with Gasteiger partial charge in [0.25, 0.3) is 0 Å². The normalized spacial score (nSPS) is 22.8. The van der Waals surface area contributed by atoms with E-state index in [1.807, 2.05) is 6.07 Å². The van der Waals surface area contributed by atoms with Crippen LogP contribution in [0.2, 0.25) is 0 Å². The van der Waals surface area contributed by atoms with Gasteiger partial charge in [-0.3, -0.25) is 4.90 Å². The standard InChI is InChI=1S/C20H25N3O2/c1-2-5-16(6-3-1)8-9-18-7-4-12-23(18)15-19-21-20(25-22-19)17-10-13-24-14-11-17/h1-3,5-6,8-9,17-18H,4,7,10-15H2/b9-8+. The van der Waals surface area contributed by atoms with Crippen LogP contribution in [-0.4, -0.2) is 40.8 Å². The first-order valence-corrected chi connectivity index (χ1v) is 9.26. The molecule has 25 heavy (non-hydrogen) atoms. The summed E-state index contributed by atoms with van der Waals surface area (Å²) in [4.78, 5) is 7.09. The van der Waals surface area contributed by atoms with Gasteiger partial charge >= 0.3 is 0 Å². The highest BCUT2D eigenvalue weighted by Crippen LogP contribution is 2.26. The second kappa shape index (κ2) is 7.93. The van der Waals surface area contributed by atoms with Crippen molar-refractivity contribution in [3.63, 3.8) is 0 Å². The lowest BCUT2D eigenvalue weighted by Gasteiger charge is -2.20. The lowest BCUT2D eigenvalue weighted by Crippen LogP contribution is -2.27. The number of likely N-dealkylation sites (tertiary alicyclic amines) is 1. The first-order chi connectivity index (χ1) is 12.4. The molecule has 0 aliphatic carbocycles. The van der Waals surface area contributed by atoms with Crippen molar-refractivity contribution in [3.8, 4) is 0 Å². The zero-order chi connectivity index (χ0) is 16.9. The van der Waals surface area contributed by atoms with Crippen LogP contribution < -0.4 is 0 Å². The molecular formula is C20H25N3O2. The Hall–Kier alpha value is -1.98. The summed E-state index contributed by atoms with van der Waals surface area (Å²) in [6, 6.07) is 10.9. The quantitative estimate of drug-likeness (QED) is 0.832. The van der Waals surface area contributed by atoms with Gasteiger partial charge in [-0.05, 0) is 37.8 Å². The van der Waals surface area contributed by atoms with E-state index in [1.54, 1.807) is 0 Å². The predicted molar refractivity (Wildman–Crippen MR) is 96.0 cm³/mol. The molecule has 1 aromatic carbocycles. The topological polar surface area (TPSA) is 51.4 Å². The van der Waals surface area contributed by atoms with E-state index < -0.39 is 0 Å². The number of nitrogens with zero attached hydrogens (tertiary/aromatic N) is 3. The Morgan fingerprint density at radius 2 is 1.96 bits per heavy atom. The molecule has 3 heterocycles. The van der Waals surface area contributed by atoms with E-state index in [0.717, 1.165) is 50.9 Å². The minimum absolute atomic E-state index is 0.363. The zero-order valence-electron chi connectivity index (χ0n) is 14.5. The minimum Gasteiger partial charge on any atom is -0.381 e. The molecule has 0 spiro atoms. The van der Waals surface area contributed by atoms with Gasteiger partial charge in [-0.2, -0.15) is 4.98 Å². The van der Waals surface area contributed by atoms with Gasteiger partial charge in [0.05, 0.1) is 6.54 Å². The van der Waals surface area contributed by atoms with Crippen molar-refractivity contribution in [2.24, 2.45) is 0 Å². The molecule has 1 atom stereocenters. The number of benzene rings is 1. The van der Waals surface area contributed by atoms with Gasteiger partial charge in [0.15, 0.2) is 5.82 Å². The van der Waals surface area contributed by atoms with Crippen LogP contribution in [0.4, 0.5) is 0 Å². The molecule has 1 unspecified atom stereocenters. The molecule has 0 saturated carbocycles. The fraction of sp³-hybridized carbons (Fsp3) is 0.500. The number of hydrogen-bond donors (Lipinski definition) is 0. The predicted octanol–water partition coefficient (Wildman–Crippen LogP) is 3.64. The molecule has 0 radical (unpaired) electrons. The Morgan fingerprint density at radius 1 is 1.12 bits per heavy atom. The van der Waals surface area contributed by atoms with Gasteiger partial charge in [-0.25, -0.2) is 0 Å². The third-order valence-electron chi connectivity index (χ3n) is 5.12. The molecule has 2 saturated heterocycles. The Morgan fingerprint density at radius 3 is 2.80 bits per heavy atom. The van der Waals surface area contributed by atoms with E-state index in [4.69, 9.17) is 9.26 Å². The number of rotatable bonds is 5. The van der Waals surface area contributed by atoms with Crippen LogP contribution >= 0.6 is 0 Å². The van der Waals surface area contributed by atoms with E-state index in [1.165, 1.54) is 18.4 Å². The average Bonchev–Trinajstić information content (AvgIpc) is 3.32. The Kier molecular flexibility index (Phi) is 5.23. The third-order valence-corrected chi connectivity index (χ3v) is 5.12. The summed E-state index contributed by atoms with van der Waals surface area (Å²) in [7, 11) is 0. The summed E-state index contributed by atoms with van der Waals surface area (Å²) in [6.07, 6.45) is 8.89. The van der Waals surface area contributed by atoms with Crippen LogP contribution in [0.5, 0.6) is 0 Å². The first kappa shape index (κ1) is 16.5. The summed E-state index contributed by atoms with van der Waals surface area (Å²) in [5.41, 5.74) is 1.25. The van der Waals surface area contributed by atoms with Crippen LogP contribution in [0.25, 0.3) is 6.08 Å². The Balaban J connectivity index is 1.38. The molecule has 2 aliphatic heterocycles. The molecular weight excluding hydrogens is 314 g/mol. The number of aromatic nitrogens is 2. The molecule has 1 aromatic heterocycles. The van der Waals surface area contributed by atoms with Crippen molar-refractivity contribution in [1.82, 2.24) is 15.0 Å². The lowest BCUT2D eigenvalue weighted by atomic mass is 10.0. The van der Waals surface area contributed by atoms with Crippen LogP contribution in [-0.2, 0) is 11.3 Å². The Bertz CT molecular complexity index is 692. The van der Waals surface area contributed by atoms with E-state index in [2.05, 4.69) is 51.5 Å². The monoisotopic (exact) mass is 339 g/mol. The molecule has 0 amide bonds. The van der Waals surface area contributed by atoms with E-state index >= 15 is 0 Å². The summed E-state index contributed by atoms with van der Waals surface area (Å²) in [5.74, 6) is 1.96. The van der Waals surface area contributed by atoms with Gasteiger partial charge in [0, 0.05) is 25.2 Å². The zero-order valence-corrected chi connectivity index (χ0v) is 14.5. The summed E-state index contributed by atoms with van der Waals surface area (Å²) < 4.78 is 10.9. The molecule has 5 nitrogen and oxygen atoms in total. The van der Waals surface area contributed by atoms with Crippen LogP contribution in [0.1, 0.15) is 48.9 Å². The van der Waals surface area contributed by atoms with Gasteiger partial charge in [-0.1, -0.05) is 47.6 Å². The van der Waals surface area contributed by atoms with Crippen molar-refractivity contribution in [2.75, 3.05) is 19.8 Å². The molecule has 0 bridgehead atoms. The molecule has 2 aliphatic rings. The van der Waals surface area contributed by atoms with Crippen LogP contribution in [0.3, 0.4) is 0 Å². The Labute approximate surface area is 148 Å². The SMILES string of the molecule is C(=C\C1CCCN1Cc1noc(C2CCOCC2)n1)/c1ccccc1. The second-order valence-electron chi connectivity index (χ2n) is 6.89. The van der Waals surface area contributed by atoms with E-state index in [0.29, 0.717) is 12.0 Å². The summed E-state index contributed by atoms with van der Waals surface area (Å²) in [6.45, 7) is 3.43. The molecule has 2 fully saturated rings. The van der Waals surface area contributed by atoms with Gasteiger partial charge in [0.2, 0.25) is 5.89 Å². The second-order valence-corrected chi connectivity index (χ2v) is 6.89. The van der Waals surface area contributed by atoms with Crippen LogP contribution in [0.15, 0.2) is 40.9 Å². The van der Waals surface area contributed by atoms with Crippen molar-refractivity contribution in [1.29, 1.82) is 0 Å². The van der Waals surface area contributed by atoms with Crippen molar-refractivity contribution in [3.05, 3.63) is 53.7 Å². The fourth-order valence-corrected chi connectivity index (χ4v) is 3.68. The largest absolute Gasteiger partial charge is 0.381 e. The van der Waals surface area contributed by atoms with Crippen LogP contribution in [0, 0.1) is 0 Å². The molecule has 0 N–H and O–H groups in total. The maximum absolute atomic E-state index is 5.52. The highest BCUT2D eigenvalue weighted by atomic mass is 16.5. The average molecular weight is 339 g/mol. The maximum atomic E-state index is 5.52. The molecule has 2 aromatic rings.